The fraction of sp³-hybridized carbons (Fsp3) is 0.640. The van der Waals surface area contributed by atoms with E-state index in [1.165, 1.54) is 0 Å². The minimum atomic E-state index is -0.628. The molecule has 8 nitrogen and oxygen atoms in total. The van der Waals surface area contributed by atoms with Crippen LogP contribution in [0.2, 0.25) is 0 Å². The van der Waals surface area contributed by atoms with Crippen LogP contribution in [0.1, 0.15) is 57.2 Å². The standard InChI is InChI=1S/C25H36N4O4S/c1-14-6-7-16-17(8-10-33-19(16)12-14)27-23(31)21-25(3,4)13-20-29(21)24(32)18(9-11-34-20)28-22(30)15(2)26-5/h6-7,12,15,17-18,20-21,26H,8-11,13H2,1-5H3,(H,27,31)(H,28,30)/t15?,17?,18-,20-,21+/m0/s1. The van der Waals surface area contributed by atoms with Crippen molar-refractivity contribution in [3.63, 3.8) is 0 Å². The molecule has 5 atom stereocenters. The van der Waals surface area contributed by atoms with Gasteiger partial charge in [0, 0.05) is 12.0 Å². The first-order valence-corrected chi connectivity index (χ1v) is 13.1. The lowest BCUT2D eigenvalue weighted by Gasteiger charge is -2.36. The minimum Gasteiger partial charge on any atom is -0.493 e. The zero-order valence-electron chi connectivity index (χ0n) is 20.6. The Balaban J connectivity index is 1.56. The fourth-order valence-corrected chi connectivity index (χ4v) is 6.75. The second-order valence-corrected chi connectivity index (χ2v) is 11.6. The number of nitrogens with zero attached hydrogens (tertiary/aromatic N) is 1. The summed E-state index contributed by atoms with van der Waals surface area (Å²) in [5, 5.41) is 8.97. The topological polar surface area (TPSA) is 99.8 Å². The van der Waals surface area contributed by atoms with Gasteiger partial charge >= 0.3 is 0 Å². The molecule has 1 aromatic carbocycles. The third-order valence-electron chi connectivity index (χ3n) is 7.21. The molecule has 3 amide bonds. The Labute approximate surface area is 205 Å². The molecule has 2 saturated heterocycles. The summed E-state index contributed by atoms with van der Waals surface area (Å²) in [5.74, 6) is 1.04. The van der Waals surface area contributed by atoms with E-state index < -0.39 is 18.1 Å². The molecule has 4 rings (SSSR count). The van der Waals surface area contributed by atoms with Gasteiger partial charge in [0.1, 0.15) is 17.8 Å². The SMILES string of the molecule is CNC(C)C(=O)N[C@H]1CCS[C@H]2CC(C)(C)[C@@H](C(=O)NC3CCOc4cc(C)ccc43)N2C1=O. The summed E-state index contributed by atoms with van der Waals surface area (Å²) >= 11 is 1.70. The first-order valence-electron chi connectivity index (χ1n) is 12.1. The number of aryl methyl sites for hydroxylation is 1. The predicted molar refractivity (Wildman–Crippen MR) is 133 cm³/mol. The summed E-state index contributed by atoms with van der Waals surface area (Å²) in [6, 6.07) is 4.25. The van der Waals surface area contributed by atoms with Gasteiger partial charge in [0.15, 0.2) is 0 Å². The number of fused-ring (bicyclic) bond motifs is 2. The van der Waals surface area contributed by atoms with Crippen LogP contribution in [0.3, 0.4) is 0 Å². The Bertz CT molecular complexity index is 968. The molecule has 186 valence electrons. The number of hydrogen-bond acceptors (Lipinski definition) is 6. The monoisotopic (exact) mass is 488 g/mol. The highest BCUT2D eigenvalue weighted by molar-refractivity contribution is 7.99. The Kier molecular flexibility index (Phi) is 7.14. The molecule has 0 spiro atoms. The third-order valence-corrected chi connectivity index (χ3v) is 8.46. The van der Waals surface area contributed by atoms with Crippen molar-refractivity contribution >= 4 is 29.5 Å². The van der Waals surface area contributed by atoms with Crippen LogP contribution in [-0.2, 0) is 14.4 Å². The first-order chi connectivity index (χ1) is 16.1. The fourth-order valence-electron chi connectivity index (χ4n) is 5.18. The van der Waals surface area contributed by atoms with E-state index in [2.05, 4.69) is 29.8 Å². The molecule has 3 heterocycles. The summed E-state index contributed by atoms with van der Waals surface area (Å²) in [4.78, 5) is 41.7. The molecule has 34 heavy (non-hydrogen) atoms. The molecule has 3 aliphatic rings. The van der Waals surface area contributed by atoms with E-state index >= 15 is 0 Å². The second kappa shape index (κ2) is 9.77. The first kappa shape index (κ1) is 24.9. The summed E-state index contributed by atoms with van der Waals surface area (Å²) < 4.78 is 5.82. The van der Waals surface area contributed by atoms with Gasteiger partial charge in [-0.2, -0.15) is 0 Å². The number of nitrogens with one attached hydrogen (secondary N) is 3. The van der Waals surface area contributed by atoms with Crippen molar-refractivity contribution in [2.45, 2.75) is 76.5 Å². The predicted octanol–water partition coefficient (Wildman–Crippen LogP) is 2.12. The number of rotatable bonds is 5. The van der Waals surface area contributed by atoms with Gasteiger partial charge < -0.3 is 25.6 Å². The van der Waals surface area contributed by atoms with E-state index in [-0.39, 0.29) is 34.6 Å². The number of amides is 3. The number of likely N-dealkylation sites (N-methyl/N-ethyl adjacent to an activating group) is 1. The molecule has 0 aliphatic carbocycles. The molecule has 0 aromatic heterocycles. The molecule has 2 unspecified atom stereocenters. The van der Waals surface area contributed by atoms with E-state index in [0.717, 1.165) is 29.1 Å². The summed E-state index contributed by atoms with van der Waals surface area (Å²) in [5.41, 5.74) is 1.70. The lowest BCUT2D eigenvalue weighted by molar-refractivity contribution is -0.144. The minimum absolute atomic E-state index is 0.0773. The average molecular weight is 489 g/mol. The Morgan fingerprint density at radius 3 is 2.71 bits per heavy atom. The number of thioether (sulfide) groups is 1. The van der Waals surface area contributed by atoms with Gasteiger partial charge in [0.25, 0.3) is 0 Å². The Morgan fingerprint density at radius 2 is 1.97 bits per heavy atom. The summed E-state index contributed by atoms with van der Waals surface area (Å²) in [6.07, 6.45) is 1.97. The zero-order valence-corrected chi connectivity index (χ0v) is 21.5. The van der Waals surface area contributed by atoms with Gasteiger partial charge in [-0.1, -0.05) is 26.0 Å². The van der Waals surface area contributed by atoms with Crippen molar-refractivity contribution in [3.05, 3.63) is 29.3 Å². The largest absolute Gasteiger partial charge is 0.493 e. The third kappa shape index (κ3) is 4.77. The Morgan fingerprint density at radius 1 is 1.21 bits per heavy atom. The van der Waals surface area contributed by atoms with E-state index in [1.54, 1.807) is 30.6 Å². The van der Waals surface area contributed by atoms with E-state index in [1.807, 2.05) is 25.1 Å². The molecule has 2 fully saturated rings. The average Bonchev–Trinajstić information content (AvgIpc) is 2.98. The molecule has 3 aliphatic heterocycles. The number of ether oxygens (including phenoxy) is 1. The molecule has 0 radical (unpaired) electrons. The van der Waals surface area contributed by atoms with Gasteiger partial charge in [0.05, 0.1) is 24.1 Å². The van der Waals surface area contributed by atoms with Crippen molar-refractivity contribution in [1.82, 2.24) is 20.9 Å². The maximum atomic E-state index is 13.7. The van der Waals surface area contributed by atoms with Gasteiger partial charge in [0.2, 0.25) is 17.7 Å². The lowest BCUT2D eigenvalue weighted by atomic mass is 9.83. The van der Waals surface area contributed by atoms with Crippen LogP contribution >= 0.6 is 11.8 Å². The van der Waals surface area contributed by atoms with Gasteiger partial charge in [-0.05, 0) is 56.5 Å². The summed E-state index contributed by atoms with van der Waals surface area (Å²) in [7, 11) is 1.71. The lowest BCUT2D eigenvalue weighted by Crippen LogP contribution is -2.58. The number of carbonyl (C=O) groups excluding carboxylic acids is 3. The zero-order chi connectivity index (χ0) is 24.6. The van der Waals surface area contributed by atoms with Gasteiger partial charge in [-0.15, -0.1) is 11.8 Å². The molecule has 9 heteroatoms. The van der Waals surface area contributed by atoms with Crippen LogP contribution in [-0.4, -0.2) is 65.5 Å². The van der Waals surface area contributed by atoms with Crippen LogP contribution in [0.5, 0.6) is 5.75 Å². The molecule has 0 bridgehead atoms. The van der Waals surface area contributed by atoms with Gasteiger partial charge in [-0.25, -0.2) is 0 Å². The number of benzene rings is 1. The highest BCUT2D eigenvalue weighted by Crippen LogP contribution is 2.46. The smallest absolute Gasteiger partial charge is 0.246 e. The van der Waals surface area contributed by atoms with Crippen molar-refractivity contribution < 1.29 is 19.1 Å². The van der Waals surface area contributed by atoms with Crippen molar-refractivity contribution in [1.29, 1.82) is 0 Å². The number of carbonyl (C=O) groups is 3. The van der Waals surface area contributed by atoms with E-state index in [9.17, 15) is 14.4 Å². The molecule has 3 N–H and O–H groups in total. The van der Waals surface area contributed by atoms with E-state index in [4.69, 9.17) is 4.74 Å². The van der Waals surface area contributed by atoms with Crippen LogP contribution < -0.4 is 20.7 Å². The van der Waals surface area contributed by atoms with Crippen molar-refractivity contribution in [2.24, 2.45) is 5.41 Å². The molecular formula is C25H36N4O4S. The van der Waals surface area contributed by atoms with E-state index in [0.29, 0.717) is 19.4 Å². The Hall–Kier alpha value is -2.26. The van der Waals surface area contributed by atoms with Crippen LogP contribution in [0, 0.1) is 12.3 Å². The van der Waals surface area contributed by atoms with Crippen LogP contribution in [0.15, 0.2) is 18.2 Å². The number of hydrogen-bond donors (Lipinski definition) is 3. The molecular weight excluding hydrogens is 452 g/mol. The maximum absolute atomic E-state index is 13.7. The van der Waals surface area contributed by atoms with Crippen LogP contribution in [0.4, 0.5) is 0 Å². The highest BCUT2D eigenvalue weighted by Gasteiger charge is 2.54. The summed E-state index contributed by atoms with van der Waals surface area (Å²) in [6.45, 7) is 8.42. The molecule has 0 saturated carbocycles. The maximum Gasteiger partial charge on any atom is 0.246 e. The normalized spacial score (nSPS) is 28.7. The van der Waals surface area contributed by atoms with Gasteiger partial charge in [-0.3, -0.25) is 14.4 Å². The quantitative estimate of drug-likeness (QED) is 0.587. The molecule has 1 aromatic rings. The van der Waals surface area contributed by atoms with Crippen molar-refractivity contribution in [2.75, 3.05) is 19.4 Å². The highest BCUT2D eigenvalue weighted by atomic mass is 32.2. The second-order valence-electron chi connectivity index (χ2n) is 10.3. The van der Waals surface area contributed by atoms with Crippen LogP contribution in [0.25, 0.3) is 0 Å². The van der Waals surface area contributed by atoms with Crippen molar-refractivity contribution in [3.8, 4) is 5.75 Å².